The van der Waals surface area contributed by atoms with Crippen molar-refractivity contribution in [3.8, 4) is 0 Å². The second kappa shape index (κ2) is 7.57. The second-order valence-electron chi connectivity index (χ2n) is 7.68. The van der Waals surface area contributed by atoms with Gasteiger partial charge in [0.1, 0.15) is 5.82 Å². The fourth-order valence-corrected chi connectivity index (χ4v) is 4.94. The molecular formula is C22H23N5OS. The number of benzene rings is 2. The van der Waals surface area contributed by atoms with Gasteiger partial charge in [0.2, 0.25) is 5.91 Å². The van der Waals surface area contributed by atoms with Gasteiger partial charge < -0.3 is 10.3 Å². The van der Waals surface area contributed by atoms with Gasteiger partial charge in [-0.15, -0.1) is 0 Å². The minimum Gasteiger partial charge on any atom is -0.341 e. The smallest absolute Gasteiger partial charge is 0.229 e. The number of carbonyl (C=O) groups excluding carboxylic acids is 1. The topological polar surface area (TPSA) is 73.9 Å². The third-order valence-electron chi connectivity index (χ3n) is 5.62. The van der Waals surface area contributed by atoms with Gasteiger partial charge in [0.25, 0.3) is 0 Å². The number of thiazole rings is 1. The van der Waals surface area contributed by atoms with Gasteiger partial charge in [0, 0.05) is 5.92 Å². The number of hydrogen-bond acceptors (Lipinski definition) is 5. The number of aryl methyl sites for hydroxylation is 1. The number of aromatic nitrogens is 3. The molecular weight excluding hydrogens is 382 g/mol. The number of imidazole rings is 1. The Morgan fingerprint density at radius 2 is 2.00 bits per heavy atom. The third-order valence-corrected chi connectivity index (χ3v) is 6.56. The Morgan fingerprint density at radius 1 is 1.17 bits per heavy atom. The Labute approximate surface area is 173 Å². The van der Waals surface area contributed by atoms with Crippen LogP contribution in [0.25, 0.3) is 21.3 Å². The molecule has 0 unspecified atom stereocenters. The number of amides is 1. The van der Waals surface area contributed by atoms with Gasteiger partial charge in [-0.05, 0) is 56.6 Å². The minimum atomic E-state index is 0.0371. The number of likely N-dealkylation sites (tertiary alicyclic amines) is 1. The molecule has 2 aromatic carbocycles. The van der Waals surface area contributed by atoms with E-state index in [-0.39, 0.29) is 11.8 Å². The number of rotatable bonds is 4. The number of H-pyrrole nitrogens is 1. The molecule has 1 amide bonds. The highest BCUT2D eigenvalue weighted by Gasteiger charge is 2.26. The monoisotopic (exact) mass is 405 g/mol. The van der Waals surface area contributed by atoms with E-state index in [4.69, 9.17) is 0 Å². The summed E-state index contributed by atoms with van der Waals surface area (Å²) in [6.07, 6.45) is 1.71. The van der Waals surface area contributed by atoms with E-state index in [2.05, 4.69) is 25.2 Å². The SMILES string of the molecule is Cc1cccc2sc(NC(=O)C3CCN(Cc4nc5ccccc5[nH]4)CC3)nc12. The van der Waals surface area contributed by atoms with E-state index >= 15 is 0 Å². The van der Waals surface area contributed by atoms with Gasteiger partial charge in [0.15, 0.2) is 5.13 Å². The zero-order chi connectivity index (χ0) is 19.8. The molecule has 0 bridgehead atoms. The summed E-state index contributed by atoms with van der Waals surface area (Å²) in [6.45, 7) is 4.63. The largest absolute Gasteiger partial charge is 0.341 e. The first kappa shape index (κ1) is 18.3. The van der Waals surface area contributed by atoms with Crippen molar-refractivity contribution >= 4 is 43.6 Å². The maximum absolute atomic E-state index is 12.7. The molecule has 7 heteroatoms. The van der Waals surface area contributed by atoms with Crippen LogP contribution in [0.5, 0.6) is 0 Å². The molecule has 1 fully saturated rings. The zero-order valence-electron chi connectivity index (χ0n) is 16.3. The maximum atomic E-state index is 12.7. The van der Waals surface area contributed by atoms with Crippen LogP contribution in [0.3, 0.4) is 0 Å². The number of para-hydroxylation sites is 3. The summed E-state index contributed by atoms with van der Waals surface area (Å²) in [4.78, 5) is 27.7. The summed E-state index contributed by atoms with van der Waals surface area (Å²) >= 11 is 1.54. The number of hydrogen-bond donors (Lipinski definition) is 2. The molecule has 0 radical (unpaired) electrons. The summed E-state index contributed by atoms with van der Waals surface area (Å²) < 4.78 is 1.11. The van der Waals surface area contributed by atoms with Crippen LogP contribution < -0.4 is 5.32 Å². The van der Waals surface area contributed by atoms with Gasteiger partial charge in [0.05, 0.1) is 27.8 Å². The molecule has 29 heavy (non-hydrogen) atoms. The number of anilines is 1. The normalized spacial score (nSPS) is 15.9. The van der Waals surface area contributed by atoms with Crippen LogP contribution in [0.15, 0.2) is 42.5 Å². The lowest BCUT2D eigenvalue weighted by Gasteiger charge is -2.30. The Bertz CT molecular complexity index is 1140. The van der Waals surface area contributed by atoms with Gasteiger partial charge in [-0.25, -0.2) is 9.97 Å². The highest BCUT2D eigenvalue weighted by molar-refractivity contribution is 7.22. The van der Waals surface area contributed by atoms with E-state index in [1.807, 2.05) is 49.4 Å². The summed E-state index contributed by atoms with van der Waals surface area (Å²) in [5, 5.41) is 3.74. The van der Waals surface area contributed by atoms with Crippen LogP contribution in [0.2, 0.25) is 0 Å². The molecule has 4 aromatic rings. The van der Waals surface area contributed by atoms with Gasteiger partial charge in [-0.3, -0.25) is 9.69 Å². The Morgan fingerprint density at radius 3 is 2.79 bits per heavy atom. The highest BCUT2D eigenvalue weighted by atomic mass is 32.1. The first-order valence-electron chi connectivity index (χ1n) is 9.99. The van der Waals surface area contributed by atoms with E-state index in [0.29, 0.717) is 5.13 Å². The van der Waals surface area contributed by atoms with E-state index in [1.165, 1.54) is 0 Å². The molecule has 2 aromatic heterocycles. The molecule has 0 atom stereocenters. The number of piperidine rings is 1. The lowest BCUT2D eigenvalue weighted by Crippen LogP contribution is -2.38. The number of nitrogens with one attached hydrogen (secondary N) is 2. The minimum absolute atomic E-state index is 0.0371. The Hall–Kier alpha value is -2.77. The van der Waals surface area contributed by atoms with Crippen molar-refractivity contribution in [2.45, 2.75) is 26.3 Å². The lowest BCUT2D eigenvalue weighted by molar-refractivity contribution is -0.121. The van der Waals surface area contributed by atoms with Crippen LogP contribution in [-0.2, 0) is 11.3 Å². The van der Waals surface area contributed by atoms with Crippen molar-refractivity contribution in [3.63, 3.8) is 0 Å². The van der Waals surface area contributed by atoms with Gasteiger partial charge in [-0.2, -0.15) is 0 Å². The van der Waals surface area contributed by atoms with Gasteiger partial charge >= 0.3 is 0 Å². The number of nitrogens with zero attached hydrogens (tertiary/aromatic N) is 3. The number of fused-ring (bicyclic) bond motifs is 2. The standard InChI is InChI=1S/C22H23N5OS/c1-14-5-4-8-18-20(14)25-22(29-18)26-21(28)15-9-11-27(12-10-15)13-19-23-16-6-2-3-7-17(16)24-19/h2-8,15H,9-13H2,1H3,(H,23,24)(H,25,26,28). The quantitative estimate of drug-likeness (QED) is 0.530. The summed E-state index contributed by atoms with van der Waals surface area (Å²) in [5.41, 5.74) is 4.19. The van der Waals surface area contributed by atoms with Crippen molar-refractivity contribution < 1.29 is 4.79 Å². The van der Waals surface area contributed by atoms with Crippen molar-refractivity contribution in [3.05, 3.63) is 53.9 Å². The van der Waals surface area contributed by atoms with Crippen molar-refractivity contribution in [2.75, 3.05) is 18.4 Å². The predicted octanol–water partition coefficient (Wildman–Crippen LogP) is 4.33. The fourth-order valence-electron chi connectivity index (χ4n) is 3.99. The van der Waals surface area contributed by atoms with E-state index in [9.17, 15) is 4.79 Å². The first-order chi connectivity index (χ1) is 14.2. The highest BCUT2D eigenvalue weighted by Crippen LogP contribution is 2.29. The Kier molecular flexibility index (Phi) is 4.77. The Balaban J connectivity index is 1.18. The van der Waals surface area contributed by atoms with Crippen LogP contribution in [0.4, 0.5) is 5.13 Å². The molecule has 1 saturated heterocycles. The third kappa shape index (κ3) is 3.75. The zero-order valence-corrected chi connectivity index (χ0v) is 17.1. The molecule has 6 nitrogen and oxygen atoms in total. The fraction of sp³-hybridized carbons (Fsp3) is 0.318. The molecule has 5 rings (SSSR count). The summed E-state index contributed by atoms with van der Waals surface area (Å²) in [5.74, 6) is 1.11. The molecule has 148 valence electrons. The summed E-state index contributed by atoms with van der Waals surface area (Å²) in [7, 11) is 0. The molecule has 3 heterocycles. The van der Waals surface area contributed by atoms with Crippen LogP contribution in [-0.4, -0.2) is 38.8 Å². The predicted molar refractivity (Wildman–Crippen MR) is 117 cm³/mol. The van der Waals surface area contributed by atoms with E-state index in [1.54, 1.807) is 11.3 Å². The van der Waals surface area contributed by atoms with Crippen LogP contribution in [0, 0.1) is 12.8 Å². The van der Waals surface area contributed by atoms with Crippen LogP contribution in [0.1, 0.15) is 24.2 Å². The molecule has 0 saturated carbocycles. The second-order valence-corrected chi connectivity index (χ2v) is 8.71. The number of carbonyl (C=O) groups is 1. The average Bonchev–Trinajstić information content (AvgIpc) is 3.32. The van der Waals surface area contributed by atoms with E-state index in [0.717, 1.165) is 65.1 Å². The average molecular weight is 406 g/mol. The number of aromatic amines is 1. The van der Waals surface area contributed by atoms with Crippen molar-refractivity contribution in [2.24, 2.45) is 5.92 Å². The first-order valence-corrected chi connectivity index (χ1v) is 10.8. The van der Waals surface area contributed by atoms with Crippen molar-refractivity contribution in [1.82, 2.24) is 19.9 Å². The van der Waals surface area contributed by atoms with E-state index < -0.39 is 0 Å². The lowest BCUT2D eigenvalue weighted by atomic mass is 9.96. The molecule has 1 aliphatic heterocycles. The molecule has 1 aliphatic rings. The summed E-state index contributed by atoms with van der Waals surface area (Å²) in [6, 6.07) is 14.2. The molecule has 0 aliphatic carbocycles. The molecule has 0 spiro atoms. The van der Waals surface area contributed by atoms with Gasteiger partial charge in [-0.1, -0.05) is 35.6 Å². The maximum Gasteiger partial charge on any atom is 0.229 e. The van der Waals surface area contributed by atoms with Crippen LogP contribution >= 0.6 is 11.3 Å². The molecule has 2 N–H and O–H groups in total. The van der Waals surface area contributed by atoms with Crippen molar-refractivity contribution in [1.29, 1.82) is 0 Å².